The topological polar surface area (TPSA) is 15.3 Å². The minimum absolute atomic E-state index is 0.814. The van der Waals surface area contributed by atoms with Crippen LogP contribution in [0.5, 0.6) is 0 Å². The van der Waals surface area contributed by atoms with E-state index in [1.54, 1.807) is 0 Å². The summed E-state index contributed by atoms with van der Waals surface area (Å²) >= 11 is 1.94. The molecule has 1 aliphatic rings. The molecule has 0 bridgehead atoms. The molecule has 1 saturated heterocycles. The number of thioether (sulfide) groups is 1. The molecule has 1 N–H and O–H groups in total. The Morgan fingerprint density at radius 1 is 1.50 bits per heavy atom. The zero-order valence-corrected chi connectivity index (χ0v) is 10.4. The van der Waals surface area contributed by atoms with Gasteiger partial charge in [-0.25, -0.2) is 0 Å². The number of nitrogens with one attached hydrogen (secondary N) is 1. The normalized spacial score (nSPS) is 23.1. The average Bonchev–Trinajstić information content (AvgIpc) is 2.65. The van der Waals surface area contributed by atoms with Crippen molar-refractivity contribution in [3.8, 4) is 0 Å². The summed E-state index contributed by atoms with van der Waals surface area (Å²) in [6, 6.07) is 0.814. The summed E-state index contributed by atoms with van der Waals surface area (Å²) in [4.78, 5) is 2.60. The van der Waals surface area contributed by atoms with Gasteiger partial charge in [0.15, 0.2) is 0 Å². The monoisotopic (exact) mass is 216 g/mol. The summed E-state index contributed by atoms with van der Waals surface area (Å²) < 4.78 is 0. The van der Waals surface area contributed by atoms with Crippen LogP contribution in [0.15, 0.2) is 0 Å². The van der Waals surface area contributed by atoms with Crippen LogP contribution >= 0.6 is 11.8 Å². The molecule has 14 heavy (non-hydrogen) atoms. The lowest BCUT2D eigenvalue weighted by Crippen LogP contribution is -2.38. The number of nitrogens with zero attached hydrogens (tertiary/aromatic N) is 1. The predicted molar refractivity (Wildman–Crippen MR) is 66.1 cm³/mol. The van der Waals surface area contributed by atoms with Crippen molar-refractivity contribution in [2.45, 2.75) is 32.2 Å². The van der Waals surface area contributed by atoms with E-state index in [0.29, 0.717) is 0 Å². The number of hydrogen-bond acceptors (Lipinski definition) is 3. The second kappa shape index (κ2) is 7.55. The third kappa shape index (κ3) is 4.20. The summed E-state index contributed by atoms with van der Waals surface area (Å²) in [5.74, 6) is 1.29. The van der Waals surface area contributed by atoms with Gasteiger partial charge in [0.05, 0.1) is 0 Å². The molecule has 0 radical (unpaired) electrons. The van der Waals surface area contributed by atoms with Crippen molar-refractivity contribution in [2.75, 3.05) is 38.2 Å². The highest BCUT2D eigenvalue weighted by Gasteiger charge is 2.21. The van der Waals surface area contributed by atoms with Gasteiger partial charge in [-0.05, 0) is 50.9 Å². The highest BCUT2D eigenvalue weighted by Crippen LogP contribution is 2.15. The molecule has 0 aromatic heterocycles. The van der Waals surface area contributed by atoms with E-state index in [4.69, 9.17) is 0 Å². The van der Waals surface area contributed by atoms with Crippen molar-refractivity contribution in [3.63, 3.8) is 0 Å². The van der Waals surface area contributed by atoms with Crippen LogP contribution in [0, 0.1) is 0 Å². The highest BCUT2D eigenvalue weighted by molar-refractivity contribution is 7.98. The van der Waals surface area contributed by atoms with Crippen molar-refractivity contribution in [1.29, 1.82) is 0 Å². The molecule has 3 heteroatoms. The predicted octanol–water partition coefficient (Wildman–Crippen LogP) is 1.81. The Balaban J connectivity index is 2.00. The Kier molecular flexibility index (Phi) is 6.65. The quantitative estimate of drug-likeness (QED) is 0.654. The zero-order valence-electron chi connectivity index (χ0n) is 9.59. The fourth-order valence-corrected chi connectivity index (χ4v) is 2.59. The Morgan fingerprint density at radius 3 is 3.07 bits per heavy atom. The van der Waals surface area contributed by atoms with Crippen molar-refractivity contribution >= 4 is 11.8 Å². The molecule has 0 aromatic rings. The van der Waals surface area contributed by atoms with Gasteiger partial charge in [0.2, 0.25) is 0 Å². The van der Waals surface area contributed by atoms with E-state index in [2.05, 4.69) is 23.4 Å². The first-order valence-electron chi connectivity index (χ1n) is 5.82. The third-order valence-electron chi connectivity index (χ3n) is 2.99. The first-order chi connectivity index (χ1) is 6.88. The standard InChI is InChI=1S/C11H24N2S/c1-3-13-8-4-6-11(13)10-12-7-5-9-14-2/h11-12H,3-10H2,1-2H3. The third-order valence-corrected chi connectivity index (χ3v) is 3.68. The molecule has 1 rings (SSSR count). The van der Waals surface area contributed by atoms with Gasteiger partial charge in [0.1, 0.15) is 0 Å². The second-order valence-electron chi connectivity index (χ2n) is 3.98. The first-order valence-corrected chi connectivity index (χ1v) is 7.21. The van der Waals surface area contributed by atoms with Crippen LogP contribution in [0.3, 0.4) is 0 Å². The number of hydrogen-bond donors (Lipinski definition) is 1. The van der Waals surface area contributed by atoms with Crippen molar-refractivity contribution in [3.05, 3.63) is 0 Å². The summed E-state index contributed by atoms with van der Waals surface area (Å²) in [5, 5.41) is 3.57. The van der Waals surface area contributed by atoms with Gasteiger partial charge in [-0.1, -0.05) is 6.92 Å². The SMILES string of the molecule is CCN1CCCC1CNCCCSC. The fraction of sp³-hybridized carbons (Fsp3) is 1.00. The van der Waals surface area contributed by atoms with Crippen molar-refractivity contribution in [2.24, 2.45) is 0 Å². The molecule has 1 unspecified atom stereocenters. The van der Waals surface area contributed by atoms with Crippen molar-refractivity contribution in [1.82, 2.24) is 10.2 Å². The van der Waals surface area contributed by atoms with E-state index in [1.807, 2.05) is 11.8 Å². The Labute approximate surface area is 92.8 Å². The van der Waals surface area contributed by atoms with Crippen LogP contribution < -0.4 is 5.32 Å². The summed E-state index contributed by atoms with van der Waals surface area (Å²) in [5.41, 5.74) is 0. The van der Waals surface area contributed by atoms with E-state index in [0.717, 1.165) is 6.04 Å². The minimum Gasteiger partial charge on any atom is -0.315 e. The zero-order chi connectivity index (χ0) is 10.2. The van der Waals surface area contributed by atoms with Gasteiger partial charge in [-0.2, -0.15) is 11.8 Å². The number of likely N-dealkylation sites (N-methyl/N-ethyl adjacent to an activating group) is 1. The summed E-state index contributed by atoms with van der Waals surface area (Å²) in [6.07, 6.45) is 6.27. The molecule has 1 heterocycles. The number of likely N-dealkylation sites (tertiary alicyclic amines) is 1. The van der Waals surface area contributed by atoms with Gasteiger partial charge < -0.3 is 5.32 Å². The van der Waals surface area contributed by atoms with E-state index in [-0.39, 0.29) is 0 Å². The molecule has 0 aromatic carbocycles. The van der Waals surface area contributed by atoms with Gasteiger partial charge in [0.25, 0.3) is 0 Å². The van der Waals surface area contributed by atoms with Gasteiger partial charge in [0, 0.05) is 12.6 Å². The van der Waals surface area contributed by atoms with E-state index >= 15 is 0 Å². The summed E-state index contributed by atoms with van der Waals surface area (Å²) in [7, 11) is 0. The average molecular weight is 216 g/mol. The molecule has 1 atom stereocenters. The van der Waals surface area contributed by atoms with Crippen LogP contribution in [0.4, 0.5) is 0 Å². The molecule has 0 spiro atoms. The van der Waals surface area contributed by atoms with Crippen LogP contribution in [-0.2, 0) is 0 Å². The van der Waals surface area contributed by atoms with Gasteiger partial charge in [-0.3, -0.25) is 4.90 Å². The lowest BCUT2D eigenvalue weighted by molar-refractivity contribution is 0.260. The van der Waals surface area contributed by atoms with E-state index < -0.39 is 0 Å². The maximum Gasteiger partial charge on any atom is 0.0220 e. The maximum absolute atomic E-state index is 3.57. The largest absolute Gasteiger partial charge is 0.315 e. The fourth-order valence-electron chi connectivity index (χ4n) is 2.15. The van der Waals surface area contributed by atoms with Gasteiger partial charge in [-0.15, -0.1) is 0 Å². The van der Waals surface area contributed by atoms with Crippen LogP contribution in [0.25, 0.3) is 0 Å². The summed E-state index contributed by atoms with van der Waals surface area (Å²) in [6.45, 7) is 7.19. The Bertz CT molecular complexity index is 141. The van der Waals surface area contributed by atoms with E-state index in [1.165, 1.54) is 51.2 Å². The molecular formula is C11H24N2S. The lowest BCUT2D eigenvalue weighted by Gasteiger charge is -2.22. The first kappa shape index (κ1) is 12.3. The van der Waals surface area contributed by atoms with E-state index in [9.17, 15) is 0 Å². The second-order valence-corrected chi connectivity index (χ2v) is 4.96. The van der Waals surface area contributed by atoms with Crippen LogP contribution in [0.1, 0.15) is 26.2 Å². The maximum atomic E-state index is 3.57. The smallest absolute Gasteiger partial charge is 0.0220 e. The Morgan fingerprint density at radius 2 is 2.36 bits per heavy atom. The molecule has 1 fully saturated rings. The number of rotatable bonds is 7. The van der Waals surface area contributed by atoms with Crippen LogP contribution in [-0.4, -0.2) is 49.1 Å². The molecule has 1 aliphatic heterocycles. The van der Waals surface area contributed by atoms with Gasteiger partial charge >= 0.3 is 0 Å². The minimum atomic E-state index is 0.814. The molecule has 0 aliphatic carbocycles. The molecular weight excluding hydrogens is 192 g/mol. The van der Waals surface area contributed by atoms with Crippen LogP contribution in [0.2, 0.25) is 0 Å². The molecule has 2 nitrogen and oxygen atoms in total. The molecule has 84 valence electrons. The molecule has 0 saturated carbocycles. The highest BCUT2D eigenvalue weighted by atomic mass is 32.2. The van der Waals surface area contributed by atoms with Crippen molar-refractivity contribution < 1.29 is 0 Å². The Hall–Kier alpha value is 0.270. The molecule has 0 amide bonds. The lowest BCUT2D eigenvalue weighted by atomic mass is 10.2.